The van der Waals surface area contributed by atoms with Gasteiger partial charge >= 0.3 is 0 Å². The zero-order chi connectivity index (χ0) is 13.8. The average Bonchev–Trinajstić information content (AvgIpc) is 2.81. The lowest BCUT2D eigenvalue weighted by atomic mass is 10.1. The SMILES string of the molecule is CNC(C)c1ccc(Br)cc1OCc1cc(C)no1. The molecule has 0 radical (unpaired) electrons. The number of aryl methyl sites for hydroxylation is 1. The fourth-order valence-corrected chi connectivity index (χ4v) is 2.12. The number of rotatable bonds is 5. The first-order valence-electron chi connectivity index (χ1n) is 6.12. The molecule has 5 heteroatoms. The number of benzene rings is 1. The molecule has 0 aliphatic carbocycles. The molecule has 1 aromatic heterocycles. The topological polar surface area (TPSA) is 47.3 Å². The number of hydrogen-bond donors (Lipinski definition) is 1. The number of nitrogens with one attached hydrogen (secondary N) is 1. The Kier molecular flexibility index (Phi) is 4.61. The molecule has 19 heavy (non-hydrogen) atoms. The van der Waals surface area contributed by atoms with E-state index in [-0.39, 0.29) is 6.04 Å². The molecule has 1 N–H and O–H groups in total. The maximum absolute atomic E-state index is 5.84. The Labute approximate surface area is 121 Å². The van der Waals surface area contributed by atoms with E-state index in [1.54, 1.807) is 0 Å². The van der Waals surface area contributed by atoms with Gasteiger partial charge in [-0.05, 0) is 33.0 Å². The van der Waals surface area contributed by atoms with Crippen molar-refractivity contribution < 1.29 is 9.26 Å². The Bertz CT molecular complexity index is 554. The molecule has 0 fully saturated rings. The zero-order valence-electron chi connectivity index (χ0n) is 11.2. The molecule has 2 rings (SSSR count). The average molecular weight is 325 g/mol. The third-order valence-corrected chi connectivity index (χ3v) is 3.42. The summed E-state index contributed by atoms with van der Waals surface area (Å²) in [5, 5.41) is 7.06. The molecule has 4 nitrogen and oxygen atoms in total. The van der Waals surface area contributed by atoms with Crippen molar-refractivity contribution >= 4 is 15.9 Å². The molecule has 0 bridgehead atoms. The van der Waals surface area contributed by atoms with Crippen LogP contribution in [0.3, 0.4) is 0 Å². The minimum absolute atomic E-state index is 0.222. The molecule has 1 aromatic carbocycles. The fraction of sp³-hybridized carbons (Fsp3) is 0.357. The molecule has 1 heterocycles. The molecule has 102 valence electrons. The second-order valence-corrected chi connectivity index (χ2v) is 5.33. The molecule has 0 amide bonds. The van der Waals surface area contributed by atoms with Gasteiger partial charge in [0.15, 0.2) is 5.76 Å². The number of ether oxygens (including phenoxy) is 1. The number of nitrogens with zero attached hydrogens (tertiary/aromatic N) is 1. The largest absolute Gasteiger partial charge is 0.485 e. The van der Waals surface area contributed by atoms with E-state index >= 15 is 0 Å². The summed E-state index contributed by atoms with van der Waals surface area (Å²) in [6.07, 6.45) is 0. The molecule has 0 saturated heterocycles. The van der Waals surface area contributed by atoms with Crippen molar-refractivity contribution in [3.05, 3.63) is 45.8 Å². The number of aromatic nitrogens is 1. The van der Waals surface area contributed by atoms with Gasteiger partial charge in [-0.3, -0.25) is 0 Å². The van der Waals surface area contributed by atoms with Crippen LogP contribution in [-0.4, -0.2) is 12.2 Å². The van der Waals surface area contributed by atoms with E-state index in [2.05, 4.69) is 33.3 Å². The van der Waals surface area contributed by atoms with Crippen molar-refractivity contribution in [3.8, 4) is 5.75 Å². The highest BCUT2D eigenvalue weighted by Crippen LogP contribution is 2.29. The quantitative estimate of drug-likeness (QED) is 0.912. The van der Waals surface area contributed by atoms with Gasteiger partial charge in [-0.25, -0.2) is 0 Å². The van der Waals surface area contributed by atoms with Gasteiger partial charge in [0, 0.05) is 22.1 Å². The monoisotopic (exact) mass is 324 g/mol. The van der Waals surface area contributed by atoms with Crippen LogP contribution < -0.4 is 10.1 Å². The predicted molar refractivity (Wildman–Crippen MR) is 77.2 cm³/mol. The van der Waals surface area contributed by atoms with Crippen molar-refractivity contribution in [3.63, 3.8) is 0 Å². The summed E-state index contributed by atoms with van der Waals surface area (Å²) in [6.45, 7) is 4.36. The predicted octanol–water partition coefficient (Wildman–Crippen LogP) is 3.60. The number of hydrogen-bond acceptors (Lipinski definition) is 4. The first-order valence-corrected chi connectivity index (χ1v) is 6.91. The molecule has 0 spiro atoms. The van der Waals surface area contributed by atoms with Crippen LogP contribution in [0.4, 0.5) is 0 Å². The molecule has 0 aliphatic rings. The number of halogens is 1. The van der Waals surface area contributed by atoms with Crippen LogP contribution in [-0.2, 0) is 6.61 Å². The Hall–Kier alpha value is -1.33. The van der Waals surface area contributed by atoms with E-state index in [1.807, 2.05) is 38.2 Å². The molecule has 1 atom stereocenters. The van der Waals surface area contributed by atoms with Gasteiger partial charge < -0.3 is 14.6 Å². The lowest BCUT2D eigenvalue weighted by Crippen LogP contribution is -2.13. The van der Waals surface area contributed by atoms with Crippen LogP contribution in [0.5, 0.6) is 5.75 Å². The third-order valence-electron chi connectivity index (χ3n) is 2.92. The lowest BCUT2D eigenvalue weighted by molar-refractivity contribution is 0.245. The first-order chi connectivity index (χ1) is 9.10. The van der Waals surface area contributed by atoms with Crippen LogP contribution in [0, 0.1) is 6.92 Å². The molecule has 2 aromatic rings. The Balaban J connectivity index is 2.16. The van der Waals surface area contributed by atoms with Crippen LogP contribution in [0.15, 0.2) is 33.3 Å². The van der Waals surface area contributed by atoms with Crippen molar-refractivity contribution in [1.29, 1.82) is 0 Å². The summed E-state index contributed by atoms with van der Waals surface area (Å²) >= 11 is 3.46. The van der Waals surface area contributed by atoms with Crippen molar-refractivity contribution in [1.82, 2.24) is 10.5 Å². The molecule has 0 saturated carbocycles. The van der Waals surface area contributed by atoms with Crippen molar-refractivity contribution in [2.75, 3.05) is 7.05 Å². The molecule has 1 unspecified atom stereocenters. The summed E-state index contributed by atoms with van der Waals surface area (Å²) in [4.78, 5) is 0. The highest BCUT2D eigenvalue weighted by atomic mass is 79.9. The summed E-state index contributed by atoms with van der Waals surface area (Å²) in [7, 11) is 1.93. The molecule has 0 aliphatic heterocycles. The van der Waals surface area contributed by atoms with Crippen LogP contribution in [0.2, 0.25) is 0 Å². The van der Waals surface area contributed by atoms with Gasteiger partial charge in [-0.2, -0.15) is 0 Å². The van der Waals surface area contributed by atoms with E-state index in [4.69, 9.17) is 9.26 Å². The first kappa shape index (κ1) is 14.1. The summed E-state index contributed by atoms with van der Waals surface area (Å²) in [6, 6.07) is 8.12. The van der Waals surface area contributed by atoms with Crippen LogP contribution in [0.1, 0.15) is 30.0 Å². The van der Waals surface area contributed by atoms with Gasteiger partial charge in [0.25, 0.3) is 0 Å². The Morgan fingerprint density at radius 2 is 2.21 bits per heavy atom. The minimum Gasteiger partial charge on any atom is -0.485 e. The van der Waals surface area contributed by atoms with Gasteiger partial charge in [0.05, 0.1) is 5.69 Å². The Morgan fingerprint density at radius 1 is 1.42 bits per heavy atom. The van der Waals surface area contributed by atoms with E-state index in [0.717, 1.165) is 27.2 Å². The van der Waals surface area contributed by atoms with Gasteiger partial charge in [-0.15, -0.1) is 0 Å². The smallest absolute Gasteiger partial charge is 0.174 e. The minimum atomic E-state index is 0.222. The summed E-state index contributed by atoms with van der Waals surface area (Å²) < 4.78 is 12.0. The van der Waals surface area contributed by atoms with Gasteiger partial charge in [-0.1, -0.05) is 27.2 Å². The Morgan fingerprint density at radius 3 is 2.84 bits per heavy atom. The maximum Gasteiger partial charge on any atom is 0.174 e. The van der Waals surface area contributed by atoms with Gasteiger partial charge in [0.1, 0.15) is 12.4 Å². The van der Waals surface area contributed by atoms with Gasteiger partial charge in [0.2, 0.25) is 0 Å². The molecular weight excluding hydrogens is 308 g/mol. The highest BCUT2D eigenvalue weighted by Gasteiger charge is 2.11. The van der Waals surface area contributed by atoms with Crippen molar-refractivity contribution in [2.45, 2.75) is 26.5 Å². The van der Waals surface area contributed by atoms with Crippen LogP contribution in [0.25, 0.3) is 0 Å². The standard InChI is InChI=1S/C14H17BrN2O2/c1-9-6-12(19-17-9)8-18-14-7-11(15)4-5-13(14)10(2)16-3/h4-7,10,16H,8H2,1-3H3. The summed E-state index contributed by atoms with van der Waals surface area (Å²) in [5.74, 6) is 1.56. The van der Waals surface area contributed by atoms with E-state index in [9.17, 15) is 0 Å². The van der Waals surface area contributed by atoms with Crippen LogP contribution >= 0.6 is 15.9 Å². The van der Waals surface area contributed by atoms with E-state index in [1.165, 1.54) is 0 Å². The zero-order valence-corrected chi connectivity index (χ0v) is 12.8. The summed E-state index contributed by atoms with van der Waals surface area (Å²) in [5.41, 5.74) is 1.97. The second-order valence-electron chi connectivity index (χ2n) is 4.42. The lowest BCUT2D eigenvalue weighted by Gasteiger charge is -2.16. The highest BCUT2D eigenvalue weighted by molar-refractivity contribution is 9.10. The van der Waals surface area contributed by atoms with Crippen molar-refractivity contribution in [2.24, 2.45) is 0 Å². The normalized spacial score (nSPS) is 12.4. The van der Waals surface area contributed by atoms with E-state index < -0.39 is 0 Å². The molecular formula is C14H17BrN2O2. The van der Waals surface area contributed by atoms with E-state index in [0.29, 0.717) is 6.61 Å². The fourth-order valence-electron chi connectivity index (χ4n) is 1.78. The maximum atomic E-state index is 5.84. The second kappa shape index (κ2) is 6.21. The third kappa shape index (κ3) is 3.58.